The minimum Gasteiger partial charge on any atom is -0.423 e. The van der Waals surface area contributed by atoms with Gasteiger partial charge in [-0.15, -0.1) is 0 Å². The topological polar surface area (TPSA) is 30.2 Å². The van der Waals surface area contributed by atoms with Gasteiger partial charge >= 0.3 is 5.63 Å². The molecule has 3 rings (SSSR count). The van der Waals surface area contributed by atoms with Crippen LogP contribution in [0.25, 0.3) is 11.0 Å². The van der Waals surface area contributed by atoms with Crippen molar-refractivity contribution in [1.82, 2.24) is 0 Å². The second-order valence-corrected chi connectivity index (χ2v) is 5.02. The molecule has 1 aromatic heterocycles. The van der Waals surface area contributed by atoms with Crippen LogP contribution >= 0.6 is 11.8 Å². The summed E-state index contributed by atoms with van der Waals surface area (Å²) in [5, 5.41) is 0.937. The van der Waals surface area contributed by atoms with E-state index in [0.717, 1.165) is 15.2 Å². The van der Waals surface area contributed by atoms with Crippen LogP contribution in [0, 0.1) is 0 Å². The third-order valence-electron chi connectivity index (χ3n) is 2.57. The first-order valence-electron chi connectivity index (χ1n) is 5.58. The quantitative estimate of drug-likeness (QED) is 0.649. The summed E-state index contributed by atoms with van der Waals surface area (Å²) in [6.45, 7) is 0. The fourth-order valence-electron chi connectivity index (χ4n) is 1.73. The van der Waals surface area contributed by atoms with E-state index in [1.807, 2.05) is 36.4 Å². The van der Waals surface area contributed by atoms with Crippen molar-refractivity contribution in [1.29, 1.82) is 0 Å². The van der Waals surface area contributed by atoms with Crippen LogP contribution in [0.5, 0.6) is 0 Å². The second kappa shape index (κ2) is 4.70. The average molecular weight is 254 g/mol. The predicted molar refractivity (Wildman–Crippen MR) is 73.0 cm³/mol. The van der Waals surface area contributed by atoms with Gasteiger partial charge in [-0.2, -0.15) is 0 Å². The molecule has 0 amide bonds. The average Bonchev–Trinajstić information content (AvgIpc) is 2.39. The fourth-order valence-corrected chi connectivity index (χ4v) is 2.60. The Balaban J connectivity index is 2.00. The first-order valence-corrected chi connectivity index (χ1v) is 6.40. The molecule has 2 nitrogen and oxygen atoms in total. The Morgan fingerprint density at radius 3 is 2.44 bits per heavy atom. The van der Waals surface area contributed by atoms with Crippen LogP contribution in [0.2, 0.25) is 0 Å². The third kappa shape index (κ3) is 2.31. The summed E-state index contributed by atoms with van der Waals surface area (Å²) in [4.78, 5) is 13.4. The van der Waals surface area contributed by atoms with Crippen molar-refractivity contribution in [3.63, 3.8) is 0 Å². The molecule has 3 heteroatoms. The van der Waals surface area contributed by atoms with E-state index in [9.17, 15) is 4.79 Å². The SMILES string of the molecule is O=c1ccc2ccc(Sc3ccccc3)cc2o1. The molecule has 0 unspecified atom stereocenters. The highest BCUT2D eigenvalue weighted by molar-refractivity contribution is 7.99. The van der Waals surface area contributed by atoms with Crippen LogP contribution in [0.3, 0.4) is 0 Å². The minimum absolute atomic E-state index is 0.315. The summed E-state index contributed by atoms with van der Waals surface area (Å²) in [6, 6.07) is 19.2. The van der Waals surface area contributed by atoms with Crippen molar-refractivity contribution in [2.75, 3.05) is 0 Å². The monoisotopic (exact) mass is 254 g/mol. The molecule has 0 saturated carbocycles. The van der Waals surface area contributed by atoms with Crippen LogP contribution in [-0.2, 0) is 0 Å². The Labute approximate surface area is 108 Å². The Hall–Kier alpha value is -2.00. The van der Waals surface area contributed by atoms with E-state index in [1.165, 1.54) is 6.07 Å². The van der Waals surface area contributed by atoms with Crippen LogP contribution in [-0.4, -0.2) is 0 Å². The Bertz CT molecular complexity index is 732. The van der Waals surface area contributed by atoms with Gasteiger partial charge in [0.1, 0.15) is 5.58 Å². The molecule has 0 saturated heterocycles. The predicted octanol–water partition coefficient (Wildman–Crippen LogP) is 3.94. The molecule has 88 valence electrons. The highest BCUT2D eigenvalue weighted by atomic mass is 32.2. The normalized spacial score (nSPS) is 10.7. The zero-order valence-electron chi connectivity index (χ0n) is 9.50. The zero-order chi connectivity index (χ0) is 12.4. The number of benzene rings is 2. The first kappa shape index (κ1) is 11.1. The molecule has 0 aliphatic heterocycles. The Morgan fingerprint density at radius 1 is 0.833 bits per heavy atom. The molecule has 0 N–H and O–H groups in total. The first-order chi connectivity index (χ1) is 8.81. The molecular weight excluding hydrogens is 244 g/mol. The lowest BCUT2D eigenvalue weighted by Crippen LogP contribution is -1.93. The van der Waals surface area contributed by atoms with Gasteiger partial charge in [0, 0.05) is 21.2 Å². The van der Waals surface area contributed by atoms with Gasteiger partial charge < -0.3 is 4.42 Å². The molecule has 0 radical (unpaired) electrons. The van der Waals surface area contributed by atoms with Crippen molar-refractivity contribution in [2.24, 2.45) is 0 Å². The summed E-state index contributed by atoms with van der Waals surface area (Å²) in [7, 11) is 0. The lowest BCUT2D eigenvalue weighted by molar-refractivity contribution is 0.560. The molecule has 18 heavy (non-hydrogen) atoms. The second-order valence-electron chi connectivity index (χ2n) is 3.87. The van der Waals surface area contributed by atoms with Crippen molar-refractivity contribution in [3.8, 4) is 0 Å². The molecule has 0 atom stereocenters. The summed E-state index contributed by atoms with van der Waals surface area (Å²) in [5.74, 6) is 0. The molecule has 0 fully saturated rings. The number of rotatable bonds is 2. The van der Waals surface area contributed by atoms with Gasteiger partial charge in [-0.3, -0.25) is 0 Å². The fraction of sp³-hybridized carbons (Fsp3) is 0. The maximum atomic E-state index is 11.2. The van der Waals surface area contributed by atoms with E-state index in [2.05, 4.69) is 12.1 Å². The summed E-state index contributed by atoms with van der Waals surface area (Å²) >= 11 is 1.65. The van der Waals surface area contributed by atoms with Crippen LogP contribution in [0.4, 0.5) is 0 Å². The number of fused-ring (bicyclic) bond motifs is 1. The third-order valence-corrected chi connectivity index (χ3v) is 3.57. The van der Waals surface area contributed by atoms with Crippen LogP contribution < -0.4 is 5.63 Å². The lowest BCUT2D eigenvalue weighted by atomic mass is 10.2. The lowest BCUT2D eigenvalue weighted by Gasteiger charge is -2.02. The van der Waals surface area contributed by atoms with Gasteiger partial charge in [0.25, 0.3) is 0 Å². The minimum atomic E-state index is -0.315. The smallest absolute Gasteiger partial charge is 0.336 e. The summed E-state index contributed by atoms with van der Waals surface area (Å²) < 4.78 is 5.17. The van der Waals surface area contributed by atoms with E-state index in [1.54, 1.807) is 17.8 Å². The molecule has 0 aliphatic carbocycles. The van der Waals surface area contributed by atoms with E-state index >= 15 is 0 Å². The van der Waals surface area contributed by atoms with E-state index in [-0.39, 0.29) is 5.63 Å². The molecular formula is C15H10O2S. The zero-order valence-corrected chi connectivity index (χ0v) is 10.3. The van der Waals surface area contributed by atoms with Crippen molar-refractivity contribution < 1.29 is 4.42 Å². The maximum Gasteiger partial charge on any atom is 0.336 e. The van der Waals surface area contributed by atoms with E-state index in [4.69, 9.17) is 4.42 Å². The Morgan fingerprint density at radius 2 is 1.61 bits per heavy atom. The van der Waals surface area contributed by atoms with E-state index < -0.39 is 0 Å². The Kier molecular flexibility index (Phi) is 2.90. The van der Waals surface area contributed by atoms with Crippen LogP contribution in [0.15, 0.2) is 79.7 Å². The standard InChI is InChI=1S/C15H10O2S/c16-15-9-7-11-6-8-13(10-14(11)17-15)18-12-4-2-1-3-5-12/h1-10H. The molecule has 0 spiro atoms. The number of hydrogen-bond donors (Lipinski definition) is 0. The van der Waals surface area contributed by atoms with Gasteiger partial charge in [-0.25, -0.2) is 4.79 Å². The largest absolute Gasteiger partial charge is 0.423 e. The van der Waals surface area contributed by atoms with Crippen LogP contribution in [0.1, 0.15) is 0 Å². The highest BCUT2D eigenvalue weighted by Crippen LogP contribution is 2.29. The van der Waals surface area contributed by atoms with Gasteiger partial charge in [-0.05, 0) is 30.3 Å². The van der Waals surface area contributed by atoms with Gasteiger partial charge in [-0.1, -0.05) is 36.0 Å². The summed E-state index contributed by atoms with van der Waals surface area (Å²) in [5.41, 5.74) is 0.313. The molecule has 1 heterocycles. The molecule has 0 aliphatic rings. The summed E-state index contributed by atoms with van der Waals surface area (Å²) in [6.07, 6.45) is 0. The molecule has 3 aromatic rings. The van der Waals surface area contributed by atoms with E-state index in [0.29, 0.717) is 5.58 Å². The van der Waals surface area contributed by atoms with Crippen molar-refractivity contribution in [2.45, 2.75) is 9.79 Å². The number of hydrogen-bond acceptors (Lipinski definition) is 3. The highest BCUT2D eigenvalue weighted by Gasteiger charge is 2.01. The van der Waals surface area contributed by atoms with Gasteiger partial charge in [0.15, 0.2) is 0 Å². The maximum absolute atomic E-state index is 11.2. The van der Waals surface area contributed by atoms with Crippen molar-refractivity contribution in [3.05, 3.63) is 71.1 Å². The molecule has 2 aromatic carbocycles. The molecule has 0 bridgehead atoms. The van der Waals surface area contributed by atoms with Crippen molar-refractivity contribution >= 4 is 22.7 Å². The van der Waals surface area contributed by atoms with Gasteiger partial charge in [0.05, 0.1) is 0 Å². The van der Waals surface area contributed by atoms with Gasteiger partial charge in [0.2, 0.25) is 0 Å².